The molecule has 2 aliphatic rings. The van der Waals surface area contributed by atoms with Gasteiger partial charge in [-0.2, -0.15) is 0 Å². The molecule has 4 heteroatoms. The Kier molecular flexibility index (Phi) is 3.97. The predicted octanol–water partition coefficient (Wildman–Crippen LogP) is 2.52. The van der Waals surface area contributed by atoms with Gasteiger partial charge in [-0.25, -0.2) is 0 Å². The number of carbonyl (C=O) groups excluding carboxylic acids is 1. The lowest BCUT2D eigenvalue weighted by Gasteiger charge is -2.28. The van der Waals surface area contributed by atoms with E-state index in [2.05, 4.69) is 52.2 Å². The highest BCUT2D eigenvalue weighted by atomic mass is 127. The smallest absolute Gasteiger partial charge is 0.160 e. The second kappa shape index (κ2) is 5.58. The summed E-state index contributed by atoms with van der Waals surface area (Å²) < 4.78 is 1.19. The van der Waals surface area contributed by atoms with Crippen LogP contribution >= 0.6 is 22.6 Å². The number of rotatable bonds is 3. The molecule has 1 fully saturated rings. The zero-order valence-corrected chi connectivity index (χ0v) is 13.6. The van der Waals surface area contributed by atoms with Crippen LogP contribution in [-0.2, 0) is 4.79 Å². The van der Waals surface area contributed by atoms with Crippen molar-refractivity contribution >= 4 is 33.9 Å². The van der Waals surface area contributed by atoms with E-state index in [1.54, 1.807) is 0 Å². The van der Waals surface area contributed by atoms with Crippen LogP contribution in [0.25, 0.3) is 5.57 Å². The minimum atomic E-state index is -0.438. The van der Waals surface area contributed by atoms with Gasteiger partial charge in [0.25, 0.3) is 0 Å². The molecule has 3 nitrogen and oxygen atoms in total. The van der Waals surface area contributed by atoms with E-state index in [0.717, 1.165) is 29.6 Å². The van der Waals surface area contributed by atoms with Gasteiger partial charge in [0, 0.05) is 21.6 Å². The van der Waals surface area contributed by atoms with Gasteiger partial charge in [-0.3, -0.25) is 4.79 Å². The van der Waals surface area contributed by atoms with Crippen LogP contribution in [0.1, 0.15) is 31.7 Å². The molecule has 2 N–H and O–H groups in total. The number of ketones is 1. The molecule has 0 aromatic heterocycles. The first-order chi connectivity index (χ1) is 9.60. The fourth-order valence-corrected chi connectivity index (χ4v) is 3.64. The standard InChI is InChI=1S/C16H18INO2/c1-2-13(19)15-12(9-3-5-10(17)6-4-9)7-11-8-14(20)16(15)18-11/h3-6,11,14,16,18,20H,2,7-8H2,1H3. The molecule has 2 aliphatic heterocycles. The van der Waals surface area contributed by atoms with E-state index >= 15 is 0 Å². The summed E-state index contributed by atoms with van der Waals surface area (Å²) in [7, 11) is 0. The number of Topliss-reactive ketones (excluding diaryl/α,β-unsaturated/α-hetero) is 1. The van der Waals surface area contributed by atoms with Crippen LogP contribution in [-0.4, -0.2) is 29.1 Å². The van der Waals surface area contributed by atoms with Crippen LogP contribution in [0.4, 0.5) is 0 Å². The summed E-state index contributed by atoms with van der Waals surface area (Å²) in [6, 6.07) is 8.40. The molecule has 0 saturated carbocycles. The second-order valence-corrected chi connectivity index (χ2v) is 6.77. The molecule has 3 unspecified atom stereocenters. The normalized spacial score (nSPS) is 28.9. The summed E-state index contributed by atoms with van der Waals surface area (Å²) in [6.45, 7) is 1.88. The lowest BCUT2D eigenvalue weighted by Crippen LogP contribution is -2.41. The topological polar surface area (TPSA) is 49.3 Å². The number of benzene rings is 1. The lowest BCUT2D eigenvalue weighted by molar-refractivity contribution is -0.115. The highest BCUT2D eigenvalue weighted by molar-refractivity contribution is 14.1. The maximum absolute atomic E-state index is 12.3. The van der Waals surface area contributed by atoms with E-state index < -0.39 is 6.10 Å². The van der Waals surface area contributed by atoms with Gasteiger partial charge in [-0.05, 0) is 58.7 Å². The first kappa shape index (κ1) is 14.2. The van der Waals surface area contributed by atoms with E-state index in [1.807, 2.05) is 6.92 Å². The lowest BCUT2D eigenvalue weighted by atomic mass is 9.86. The third-order valence-electron chi connectivity index (χ3n) is 4.23. The molecule has 0 aliphatic carbocycles. The molecule has 0 amide bonds. The number of fused-ring (bicyclic) bond motifs is 2. The maximum Gasteiger partial charge on any atom is 0.160 e. The van der Waals surface area contributed by atoms with Gasteiger partial charge < -0.3 is 10.4 Å². The highest BCUT2D eigenvalue weighted by Gasteiger charge is 2.42. The van der Waals surface area contributed by atoms with Gasteiger partial charge in [0.05, 0.1) is 12.1 Å². The van der Waals surface area contributed by atoms with Crippen molar-refractivity contribution in [2.45, 2.75) is 44.4 Å². The first-order valence-electron chi connectivity index (χ1n) is 7.06. The van der Waals surface area contributed by atoms with Crippen LogP contribution in [0.2, 0.25) is 0 Å². The molecule has 1 saturated heterocycles. The molecule has 1 aromatic carbocycles. The van der Waals surface area contributed by atoms with Gasteiger partial charge in [-0.15, -0.1) is 0 Å². The fourth-order valence-electron chi connectivity index (χ4n) is 3.28. The van der Waals surface area contributed by atoms with Crippen molar-refractivity contribution < 1.29 is 9.90 Å². The van der Waals surface area contributed by atoms with E-state index in [-0.39, 0.29) is 17.9 Å². The summed E-state index contributed by atoms with van der Waals surface area (Å²) in [5.74, 6) is 0.149. The van der Waals surface area contributed by atoms with Crippen LogP contribution in [0.15, 0.2) is 29.8 Å². The average molecular weight is 383 g/mol. The summed E-state index contributed by atoms with van der Waals surface area (Å²) in [4.78, 5) is 12.3. The van der Waals surface area contributed by atoms with Crippen molar-refractivity contribution in [3.8, 4) is 0 Å². The minimum absolute atomic E-state index is 0.149. The Bertz CT molecular complexity index is 564. The maximum atomic E-state index is 12.3. The molecule has 106 valence electrons. The summed E-state index contributed by atoms with van der Waals surface area (Å²) in [5, 5.41) is 13.6. The highest BCUT2D eigenvalue weighted by Crippen LogP contribution is 2.38. The van der Waals surface area contributed by atoms with Gasteiger partial charge in [0.1, 0.15) is 0 Å². The molecule has 2 bridgehead atoms. The van der Waals surface area contributed by atoms with Crippen molar-refractivity contribution in [3.05, 3.63) is 39.0 Å². The molecule has 0 radical (unpaired) electrons. The number of hydrogen-bond donors (Lipinski definition) is 2. The molecular formula is C16H18INO2. The van der Waals surface area contributed by atoms with Crippen LogP contribution in [0.5, 0.6) is 0 Å². The van der Waals surface area contributed by atoms with E-state index in [1.165, 1.54) is 3.57 Å². The van der Waals surface area contributed by atoms with Crippen molar-refractivity contribution in [2.24, 2.45) is 0 Å². The molecule has 3 rings (SSSR count). The van der Waals surface area contributed by atoms with Gasteiger partial charge in [-0.1, -0.05) is 19.1 Å². The molecule has 2 heterocycles. The third-order valence-corrected chi connectivity index (χ3v) is 4.95. The number of aliphatic hydroxyl groups is 1. The summed E-state index contributed by atoms with van der Waals surface area (Å²) >= 11 is 2.28. The molecule has 0 spiro atoms. The predicted molar refractivity (Wildman–Crippen MR) is 87.3 cm³/mol. The Morgan fingerprint density at radius 2 is 2.10 bits per heavy atom. The van der Waals surface area contributed by atoms with Crippen LogP contribution in [0, 0.1) is 3.57 Å². The number of halogens is 1. The molecular weight excluding hydrogens is 365 g/mol. The molecule has 3 atom stereocenters. The Morgan fingerprint density at radius 1 is 1.40 bits per heavy atom. The SMILES string of the molecule is CCC(=O)C1=C(c2ccc(I)cc2)CC2CC(O)C1N2. The molecule has 1 aromatic rings. The first-order valence-corrected chi connectivity index (χ1v) is 8.14. The Balaban J connectivity index is 2.09. The van der Waals surface area contributed by atoms with Gasteiger partial charge in [0.15, 0.2) is 5.78 Å². The number of carbonyl (C=O) groups is 1. The number of aliphatic hydroxyl groups excluding tert-OH is 1. The largest absolute Gasteiger partial charge is 0.391 e. The average Bonchev–Trinajstić information content (AvgIpc) is 2.74. The van der Waals surface area contributed by atoms with Gasteiger partial charge >= 0.3 is 0 Å². The van der Waals surface area contributed by atoms with Crippen LogP contribution in [0.3, 0.4) is 0 Å². The number of hydrogen-bond acceptors (Lipinski definition) is 3. The van der Waals surface area contributed by atoms with Crippen LogP contribution < -0.4 is 5.32 Å². The summed E-state index contributed by atoms with van der Waals surface area (Å²) in [6.07, 6.45) is 1.61. The van der Waals surface area contributed by atoms with Crippen molar-refractivity contribution in [2.75, 3.05) is 0 Å². The van der Waals surface area contributed by atoms with Crippen molar-refractivity contribution in [1.82, 2.24) is 5.32 Å². The van der Waals surface area contributed by atoms with Crippen molar-refractivity contribution in [3.63, 3.8) is 0 Å². The Morgan fingerprint density at radius 3 is 2.75 bits per heavy atom. The number of nitrogens with one attached hydrogen (secondary N) is 1. The zero-order valence-electron chi connectivity index (χ0n) is 11.4. The van der Waals surface area contributed by atoms with Gasteiger partial charge in [0.2, 0.25) is 0 Å². The second-order valence-electron chi connectivity index (χ2n) is 5.52. The van der Waals surface area contributed by atoms with E-state index in [4.69, 9.17) is 0 Å². The Labute approximate surface area is 132 Å². The Hall–Kier alpha value is -0.720. The quantitative estimate of drug-likeness (QED) is 0.789. The van der Waals surface area contributed by atoms with E-state index in [9.17, 15) is 9.90 Å². The summed E-state index contributed by atoms with van der Waals surface area (Å²) in [5.41, 5.74) is 3.04. The molecule has 20 heavy (non-hydrogen) atoms. The van der Waals surface area contributed by atoms with E-state index in [0.29, 0.717) is 6.42 Å². The monoisotopic (exact) mass is 383 g/mol. The fraction of sp³-hybridized carbons (Fsp3) is 0.438. The minimum Gasteiger partial charge on any atom is -0.391 e. The van der Waals surface area contributed by atoms with Crippen molar-refractivity contribution in [1.29, 1.82) is 0 Å². The third kappa shape index (κ3) is 2.44. The zero-order chi connectivity index (χ0) is 14.3.